The van der Waals surface area contributed by atoms with Crippen LogP contribution in [0.25, 0.3) is 0 Å². The van der Waals surface area contributed by atoms with Gasteiger partial charge in [-0.05, 0) is 24.4 Å². The molecule has 17 heavy (non-hydrogen) atoms. The van der Waals surface area contributed by atoms with Crippen molar-refractivity contribution in [1.82, 2.24) is 15.3 Å². The summed E-state index contributed by atoms with van der Waals surface area (Å²) in [6.45, 7) is 1.32. The van der Waals surface area contributed by atoms with Gasteiger partial charge in [0.15, 0.2) is 0 Å². The first-order valence-corrected chi connectivity index (χ1v) is 5.99. The van der Waals surface area contributed by atoms with Gasteiger partial charge in [0.05, 0.1) is 5.56 Å². The highest BCUT2D eigenvalue weighted by molar-refractivity contribution is 6.34. The summed E-state index contributed by atoms with van der Waals surface area (Å²) in [5.41, 5.74) is 0.238. The second-order valence-electron chi connectivity index (χ2n) is 3.70. The molecule has 0 spiro atoms. The Morgan fingerprint density at radius 3 is 2.76 bits per heavy atom. The van der Waals surface area contributed by atoms with Crippen molar-refractivity contribution < 1.29 is 9.53 Å². The highest BCUT2D eigenvalue weighted by atomic mass is 35.5. The lowest BCUT2D eigenvalue weighted by molar-refractivity contribution is 0.0696. The van der Waals surface area contributed by atoms with E-state index in [1.807, 2.05) is 0 Å². The predicted molar refractivity (Wildman–Crippen MR) is 63.4 cm³/mol. The Labute approximate surface area is 108 Å². The van der Waals surface area contributed by atoms with Crippen LogP contribution in [0.2, 0.25) is 10.4 Å². The number of hydrogen-bond acceptors (Lipinski definition) is 4. The van der Waals surface area contributed by atoms with Gasteiger partial charge in [0.1, 0.15) is 5.15 Å². The maximum Gasteiger partial charge on any atom is 0.256 e. The molecule has 7 heteroatoms. The second-order valence-corrected chi connectivity index (χ2v) is 4.40. The molecule has 2 heterocycles. The molecule has 0 atom stereocenters. The molecule has 2 rings (SSSR count). The number of nitrogens with zero attached hydrogens (tertiary/aromatic N) is 2. The van der Waals surface area contributed by atoms with Crippen LogP contribution in [-0.2, 0) is 4.74 Å². The highest BCUT2D eigenvalue weighted by Crippen LogP contribution is 2.15. The van der Waals surface area contributed by atoms with Crippen LogP contribution in [-0.4, -0.2) is 35.1 Å². The van der Waals surface area contributed by atoms with Gasteiger partial charge in [-0.1, -0.05) is 11.6 Å². The Bertz CT molecular complexity index is 422. The van der Waals surface area contributed by atoms with Gasteiger partial charge in [0, 0.05) is 25.5 Å². The fourth-order valence-electron chi connectivity index (χ4n) is 1.60. The quantitative estimate of drug-likeness (QED) is 0.659. The Balaban J connectivity index is 2.03. The number of rotatable bonds is 2. The fraction of sp³-hybridized carbons (Fsp3) is 0.500. The van der Waals surface area contributed by atoms with E-state index in [2.05, 4.69) is 15.3 Å². The average molecular weight is 276 g/mol. The summed E-state index contributed by atoms with van der Waals surface area (Å²) in [5, 5.41) is 2.96. The van der Waals surface area contributed by atoms with Gasteiger partial charge in [-0.3, -0.25) is 4.79 Å². The summed E-state index contributed by atoms with van der Waals surface area (Å²) < 4.78 is 5.21. The third-order valence-electron chi connectivity index (χ3n) is 2.51. The molecule has 1 fully saturated rings. The van der Waals surface area contributed by atoms with Crippen molar-refractivity contribution in [3.8, 4) is 0 Å². The molecule has 1 aromatic rings. The van der Waals surface area contributed by atoms with Crippen molar-refractivity contribution in [2.45, 2.75) is 18.9 Å². The largest absolute Gasteiger partial charge is 0.381 e. The van der Waals surface area contributed by atoms with E-state index >= 15 is 0 Å². The highest BCUT2D eigenvalue weighted by Gasteiger charge is 2.19. The molecule has 0 bridgehead atoms. The Kier molecular flexibility index (Phi) is 4.15. The van der Waals surface area contributed by atoms with Crippen LogP contribution in [0.15, 0.2) is 6.20 Å². The lowest BCUT2D eigenvalue weighted by Gasteiger charge is -2.23. The summed E-state index contributed by atoms with van der Waals surface area (Å²) in [6, 6.07) is 0.114. The van der Waals surface area contributed by atoms with E-state index in [9.17, 15) is 4.79 Å². The first-order chi connectivity index (χ1) is 8.16. The monoisotopic (exact) mass is 275 g/mol. The molecule has 5 nitrogen and oxygen atoms in total. The molecule has 1 aliphatic heterocycles. The standard InChI is InChI=1S/C10H11Cl2N3O2/c11-8-7(5-13-10(12)15-8)9(16)14-6-1-3-17-4-2-6/h5-6H,1-4H2,(H,14,16). The molecule has 0 aromatic carbocycles. The molecule has 1 N–H and O–H groups in total. The van der Waals surface area contributed by atoms with E-state index in [4.69, 9.17) is 27.9 Å². The molecule has 1 saturated heterocycles. The zero-order valence-electron chi connectivity index (χ0n) is 8.95. The molecular formula is C10H11Cl2N3O2. The van der Waals surface area contributed by atoms with Crippen LogP contribution in [0.4, 0.5) is 0 Å². The van der Waals surface area contributed by atoms with Crippen LogP contribution >= 0.6 is 23.2 Å². The number of carbonyl (C=O) groups excluding carboxylic acids is 1. The third-order valence-corrected chi connectivity index (χ3v) is 2.98. The molecule has 0 aliphatic carbocycles. The van der Waals surface area contributed by atoms with Crippen LogP contribution in [0.5, 0.6) is 0 Å². The number of carbonyl (C=O) groups is 1. The van der Waals surface area contributed by atoms with Gasteiger partial charge in [-0.15, -0.1) is 0 Å². The van der Waals surface area contributed by atoms with Crippen LogP contribution in [0, 0.1) is 0 Å². The van der Waals surface area contributed by atoms with Crippen molar-refractivity contribution in [2.75, 3.05) is 13.2 Å². The maximum absolute atomic E-state index is 11.9. The molecule has 0 saturated carbocycles. The van der Waals surface area contributed by atoms with Crippen molar-refractivity contribution in [3.63, 3.8) is 0 Å². The van der Waals surface area contributed by atoms with Gasteiger partial charge in [-0.2, -0.15) is 0 Å². The summed E-state index contributed by atoms with van der Waals surface area (Å²) in [6.07, 6.45) is 2.93. The van der Waals surface area contributed by atoms with Gasteiger partial charge in [0.2, 0.25) is 5.28 Å². The predicted octanol–water partition coefficient (Wildman–Crippen LogP) is 1.69. The summed E-state index contributed by atoms with van der Waals surface area (Å²) >= 11 is 11.4. The number of nitrogens with one attached hydrogen (secondary N) is 1. The van der Waals surface area contributed by atoms with E-state index in [1.54, 1.807) is 0 Å². The number of halogens is 2. The van der Waals surface area contributed by atoms with E-state index in [-0.39, 0.29) is 27.9 Å². The van der Waals surface area contributed by atoms with Gasteiger partial charge in [-0.25, -0.2) is 9.97 Å². The minimum atomic E-state index is -0.279. The van der Waals surface area contributed by atoms with Gasteiger partial charge >= 0.3 is 0 Å². The molecular weight excluding hydrogens is 265 g/mol. The molecule has 1 aromatic heterocycles. The lowest BCUT2D eigenvalue weighted by atomic mass is 10.1. The maximum atomic E-state index is 11.9. The minimum absolute atomic E-state index is 0.0256. The van der Waals surface area contributed by atoms with E-state index in [1.165, 1.54) is 6.20 Å². The van der Waals surface area contributed by atoms with Crippen molar-refractivity contribution in [3.05, 3.63) is 22.2 Å². The fourth-order valence-corrected chi connectivity index (χ4v) is 1.99. The SMILES string of the molecule is O=C(NC1CCOCC1)c1cnc(Cl)nc1Cl. The normalized spacial score (nSPS) is 16.8. The third kappa shape index (κ3) is 3.28. The molecule has 1 aliphatic rings. The molecule has 0 unspecified atom stereocenters. The molecule has 92 valence electrons. The Morgan fingerprint density at radius 1 is 1.41 bits per heavy atom. The van der Waals surface area contributed by atoms with Crippen LogP contribution < -0.4 is 5.32 Å². The molecule has 1 amide bonds. The second kappa shape index (κ2) is 5.62. The number of hydrogen-bond donors (Lipinski definition) is 1. The van der Waals surface area contributed by atoms with Crippen LogP contribution in [0.1, 0.15) is 23.2 Å². The van der Waals surface area contributed by atoms with E-state index < -0.39 is 0 Å². The zero-order chi connectivity index (χ0) is 12.3. The van der Waals surface area contributed by atoms with Gasteiger partial charge < -0.3 is 10.1 Å². The van der Waals surface area contributed by atoms with Gasteiger partial charge in [0.25, 0.3) is 5.91 Å². The van der Waals surface area contributed by atoms with Crippen molar-refractivity contribution >= 4 is 29.1 Å². The van der Waals surface area contributed by atoms with E-state index in [0.29, 0.717) is 13.2 Å². The van der Waals surface area contributed by atoms with Crippen LogP contribution in [0.3, 0.4) is 0 Å². The topological polar surface area (TPSA) is 64.1 Å². The Morgan fingerprint density at radius 2 is 2.12 bits per heavy atom. The summed E-state index contributed by atoms with van der Waals surface area (Å²) in [4.78, 5) is 19.3. The van der Waals surface area contributed by atoms with E-state index in [0.717, 1.165) is 12.8 Å². The average Bonchev–Trinajstić information content (AvgIpc) is 2.30. The van der Waals surface area contributed by atoms with Crippen molar-refractivity contribution in [1.29, 1.82) is 0 Å². The van der Waals surface area contributed by atoms with Crippen molar-refractivity contribution in [2.24, 2.45) is 0 Å². The smallest absolute Gasteiger partial charge is 0.256 e. The number of amides is 1. The lowest BCUT2D eigenvalue weighted by Crippen LogP contribution is -2.39. The number of aromatic nitrogens is 2. The zero-order valence-corrected chi connectivity index (χ0v) is 10.5. The minimum Gasteiger partial charge on any atom is -0.381 e. The Hall–Kier alpha value is -0.910. The first kappa shape index (κ1) is 12.5. The summed E-state index contributed by atoms with van der Waals surface area (Å²) in [5.74, 6) is -0.279. The first-order valence-electron chi connectivity index (χ1n) is 5.23. The molecule has 0 radical (unpaired) electrons. The summed E-state index contributed by atoms with van der Waals surface area (Å²) in [7, 11) is 0. The number of ether oxygens (including phenoxy) is 1.